The highest BCUT2D eigenvalue weighted by atomic mass is 127. The first kappa shape index (κ1) is 14.9. The highest BCUT2D eigenvalue weighted by molar-refractivity contribution is 14.1. The van der Waals surface area contributed by atoms with Gasteiger partial charge in [-0.05, 0) is 46.7 Å². The van der Waals surface area contributed by atoms with E-state index in [9.17, 15) is 5.26 Å². The third kappa shape index (κ3) is 2.46. The second-order valence-electron chi connectivity index (χ2n) is 5.15. The van der Waals surface area contributed by atoms with Gasteiger partial charge in [-0.2, -0.15) is 5.26 Å². The maximum atomic E-state index is 9.55. The Hall–Kier alpha value is -2.01. The second kappa shape index (κ2) is 6.01. The van der Waals surface area contributed by atoms with Gasteiger partial charge in [0.05, 0.1) is 5.92 Å². The Morgan fingerprint density at radius 2 is 2.32 bits per heavy atom. The van der Waals surface area contributed by atoms with E-state index in [2.05, 4.69) is 51.8 Å². The van der Waals surface area contributed by atoms with Crippen LogP contribution in [0.5, 0.6) is 5.88 Å². The van der Waals surface area contributed by atoms with Crippen LogP contribution in [0, 0.1) is 14.9 Å². The molecule has 0 radical (unpaired) electrons. The number of allylic oxidation sites excluding steroid dienone is 1. The van der Waals surface area contributed by atoms with E-state index in [-0.39, 0.29) is 11.8 Å². The van der Waals surface area contributed by atoms with Gasteiger partial charge in [0.1, 0.15) is 11.6 Å². The van der Waals surface area contributed by atoms with Gasteiger partial charge in [-0.3, -0.25) is 5.10 Å². The van der Waals surface area contributed by atoms with Crippen molar-refractivity contribution in [2.45, 2.75) is 25.7 Å². The summed E-state index contributed by atoms with van der Waals surface area (Å²) in [6, 6.07) is 10.3. The quantitative estimate of drug-likeness (QED) is 0.767. The number of nitrogens with two attached hydrogens (primary N) is 1. The molecule has 3 N–H and O–H groups in total. The van der Waals surface area contributed by atoms with Crippen molar-refractivity contribution in [3.63, 3.8) is 0 Å². The van der Waals surface area contributed by atoms with Gasteiger partial charge in [0.15, 0.2) is 0 Å². The third-order valence-electron chi connectivity index (χ3n) is 3.70. The number of nitriles is 1. The number of halogens is 1. The van der Waals surface area contributed by atoms with Crippen molar-refractivity contribution in [2.24, 2.45) is 5.73 Å². The fraction of sp³-hybridized carbons (Fsp3) is 0.250. The fourth-order valence-electron chi connectivity index (χ4n) is 2.77. The summed E-state index contributed by atoms with van der Waals surface area (Å²) < 4.78 is 6.65. The molecular weight excluding hydrogens is 391 g/mol. The SMILES string of the molecule is CCCc1[nH]nc2c1C(c1cccc(I)c1)C(C#N)=C(N)O2. The zero-order valence-corrected chi connectivity index (χ0v) is 14.2. The summed E-state index contributed by atoms with van der Waals surface area (Å²) in [5.74, 6) is 0.376. The lowest BCUT2D eigenvalue weighted by Crippen LogP contribution is -2.21. The van der Waals surface area contributed by atoms with Crippen LogP contribution in [-0.2, 0) is 6.42 Å². The van der Waals surface area contributed by atoms with Crippen LogP contribution in [0.1, 0.15) is 36.1 Å². The van der Waals surface area contributed by atoms with Gasteiger partial charge < -0.3 is 10.5 Å². The summed E-state index contributed by atoms with van der Waals surface area (Å²) in [4.78, 5) is 0. The minimum Gasteiger partial charge on any atom is -0.420 e. The Morgan fingerprint density at radius 1 is 1.50 bits per heavy atom. The maximum Gasteiger partial charge on any atom is 0.244 e. The Kier molecular flexibility index (Phi) is 4.07. The number of H-pyrrole nitrogens is 1. The summed E-state index contributed by atoms with van der Waals surface area (Å²) in [6.07, 6.45) is 1.83. The van der Waals surface area contributed by atoms with Crippen LogP contribution in [0.3, 0.4) is 0 Å². The summed E-state index contributed by atoms with van der Waals surface area (Å²) in [5, 5.41) is 16.8. The molecule has 0 aliphatic carbocycles. The first-order chi connectivity index (χ1) is 10.7. The van der Waals surface area contributed by atoms with Gasteiger partial charge in [0.25, 0.3) is 0 Å². The topological polar surface area (TPSA) is 87.7 Å². The molecule has 0 amide bonds. The first-order valence-corrected chi connectivity index (χ1v) is 8.13. The van der Waals surface area contributed by atoms with E-state index in [0.717, 1.165) is 33.2 Å². The second-order valence-corrected chi connectivity index (χ2v) is 6.40. The minimum atomic E-state index is -0.233. The Labute approximate surface area is 142 Å². The molecule has 1 atom stereocenters. The van der Waals surface area contributed by atoms with Gasteiger partial charge in [-0.25, -0.2) is 0 Å². The lowest BCUT2D eigenvalue weighted by atomic mass is 9.83. The van der Waals surface area contributed by atoms with E-state index in [1.807, 2.05) is 18.2 Å². The van der Waals surface area contributed by atoms with E-state index in [4.69, 9.17) is 10.5 Å². The number of nitrogens with zero attached hydrogens (tertiary/aromatic N) is 2. The summed E-state index contributed by atoms with van der Waals surface area (Å²) in [5.41, 5.74) is 9.32. The molecule has 0 bridgehead atoms. The predicted octanol–water partition coefficient (Wildman–Crippen LogP) is 3.18. The van der Waals surface area contributed by atoms with Crippen LogP contribution in [0.4, 0.5) is 0 Å². The molecule has 2 aromatic rings. The van der Waals surface area contributed by atoms with Crippen molar-refractivity contribution in [1.82, 2.24) is 10.2 Å². The number of nitrogens with one attached hydrogen (secondary N) is 1. The number of hydrogen-bond donors (Lipinski definition) is 2. The minimum absolute atomic E-state index is 0.133. The summed E-state index contributed by atoms with van der Waals surface area (Å²) in [7, 11) is 0. The zero-order chi connectivity index (χ0) is 15.7. The Morgan fingerprint density at radius 3 is 3.00 bits per heavy atom. The molecule has 5 nitrogen and oxygen atoms in total. The van der Waals surface area contributed by atoms with Crippen LogP contribution in [0.2, 0.25) is 0 Å². The van der Waals surface area contributed by atoms with Crippen LogP contribution in [0.15, 0.2) is 35.7 Å². The first-order valence-electron chi connectivity index (χ1n) is 7.05. The van der Waals surface area contributed by atoms with Crippen molar-refractivity contribution < 1.29 is 4.74 Å². The van der Waals surface area contributed by atoms with Gasteiger partial charge in [0.2, 0.25) is 11.8 Å². The molecule has 22 heavy (non-hydrogen) atoms. The van der Waals surface area contributed by atoms with E-state index in [1.54, 1.807) is 0 Å². The molecule has 0 fully saturated rings. The molecular formula is C16H15IN4O. The number of rotatable bonds is 3. The van der Waals surface area contributed by atoms with E-state index >= 15 is 0 Å². The molecule has 6 heteroatoms. The van der Waals surface area contributed by atoms with Crippen molar-refractivity contribution >= 4 is 22.6 Å². The largest absolute Gasteiger partial charge is 0.420 e. The van der Waals surface area contributed by atoms with Crippen molar-refractivity contribution in [2.75, 3.05) is 0 Å². The number of hydrogen-bond acceptors (Lipinski definition) is 4. The number of benzene rings is 1. The number of aryl methyl sites for hydroxylation is 1. The van der Waals surface area contributed by atoms with Crippen molar-refractivity contribution in [3.05, 3.63) is 56.1 Å². The standard InChI is InChI=1S/C16H15IN4O/c1-2-4-12-14-13(9-5-3-6-10(17)7-9)11(8-18)15(19)22-16(14)21-20-12/h3,5-7,13H,2,4,19H2,1H3,(H,20,21). The van der Waals surface area contributed by atoms with Crippen LogP contribution in [0.25, 0.3) is 0 Å². The lowest BCUT2D eigenvalue weighted by Gasteiger charge is -2.24. The molecule has 0 saturated heterocycles. The molecule has 3 rings (SSSR count). The maximum absolute atomic E-state index is 9.55. The smallest absolute Gasteiger partial charge is 0.244 e. The van der Waals surface area contributed by atoms with Crippen LogP contribution >= 0.6 is 22.6 Å². The van der Waals surface area contributed by atoms with Crippen LogP contribution in [-0.4, -0.2) is 10.2 Å². The highest BCUT2D eigenvalue weighted by Crippen LogP contribution is 2.43. The normalized spacial score (nSPS) is 16.9. The lowest BCUT2D eigenvalue weighted by molar-refractivity contribution is 0.378. The summed E-state index contributed by atoms with van der Waals surface area (Å²) in [6.45, 7) is 2.10. The zero-order valence-electron chi connectivity index (χ0n) is 12.1. The molecule has 0 spiro atoms. The van der Waals surface area contributed by atoms with E-state index < -0.39 is 0 Å². The number of ether oxygens (including phenoxy) is 1. The van der Waals surface area contributed by atoms with E-state index in [1.165, 1.54) is 0 Å². The van der Waals surface area contributed by atoms with Gasteiger partial charge in [0, 0.05) is 14.8 Å². The van der Waals surface area contributed by atoms with Crippen molar-refractivity contribution in [1.29, 1.82) is 5.26 Å². The molecule has 1 unspecified atom stereocenters. The van der Waals surface area contributed by atoms with Crippen molar-refractivity contribution in [3.8, 4) is 11.9 Å². The molecule has 1 aromatic carbocycles. The highest BCUT2D eigenvalue weighted by Gasteiger charge is 2.34. The molecule has 2 heterocycles. The Balaban J connectivity index is 2.21. The molecule has 0 saturated carbocycles. The number of fused-ring (bicyclic) bond motifs is 1. The third-order valence-corrected chi connectivity index (χ3v) is 4.37. The molecule has 1 aliphatic rings. The number of aromatic amines is 1. The summed E-state index contributed by atoms with van der Waals surface area (Å²) >= 11 is 2.26. The predicted molar refractivity (Wildman–Crippen MR) is 91.0 cm³/mol. The molecule has 1 aromatic heterocycles. The van der Waals surface area contributed by atoms with Crippen LogP contribution < -0.4 is 10.5 Å². The molecule has 112 valence electrons. The average molecular weight is 406 g/mol. The fourth-order valence-corrected chi connectivity index (χ4v) is 3.34. The van der Waals surface area contributed by atoms with Gasteiger partial charge >= 0.3 is 0 Å². The molecule has 1 aliphatic heterocycles. The Bertz CT molecular complexity index is 788. The number of aromatic nitrogens is 2. The van der Waals surface area contributed by atoms with Gasteiger partial charge in [-0.15, -0.1) is 5.10 Å². The van der Waals surface area contributed by atoms with E-state index in [0.29, 0.717) is 11.5 Å². The van der Waals surface area contributed by atoms with Gasteiger partial charge in [-0.1, -0.05) is 25.5 Å². The monoisotopic (exact) mass is 406 g/mol. The average Bonchev–Trinajstić information content (AvgIpc) is 2.88.